The van der Waals surface area contributed by atoms with Gasteiger partial charge in [-0.25, -0.2) is 0 Å². The highest BCUT2D eigenvalue weighted by molar-refractivity contribution is 6.33. The summed E-state index contributed by atoms with van der Waals surface area (Å²) in [5.41, 5.74) is 0.864. The van der Waals surface area contributed by atoms with Gasteiger partial charge in [-0.1, -0.05) is 11.6 Å². The van der Waals surface area contributed by atoms with Crippen molar-refractivity contribution in [1.29, 1.82) is 0 Å². The molecule has 108 valence electrons. The van der Waals surface area contributed by atoms with Crippen LogP contribution in [0.15, 0.2) is 18.2 Å². The normalized spacial score (nSPS) is 9.90. The van der Waals surface area contributed by atoms with Crippen LogP contribution in [0.1, 0.15) is 26.2 Å². The lowest BCUT2D eigenvalue weighted by Gasteiger charge is -2.09. The predicted octanol–water partition coefficient (Wildman–Crippen LogP) is 1.16. The summed E-state index contributed by atoms with van der Waals surface area (Å²) < 4.78 is 0. The van der Waals surface area contributed by atoms with E-state index in [4.69, 9.17) is 11.6 Å². The van der Waals surface area contributed by atoms with Gasteiger partial charge in [0.05, 0.1) is 10.7 Å². The first kappa shape index (κ1) is 16.0. The topological polar surface area (TPSA) is 98.3 Å². The van der Waals surface area contributed by atoms with Crippen molar-refractivity contribution in [1.82, 2.24) is 0 Å². The molecule has 0 aliphatic heterocycles. The Labute approximate surface area is 121 Å². The van der Waals surface area contributed by atoms with Crippen LogP contribution >= 0.6 is 11.6 Å². The van der Waals surface area contributed by atoms with E-state index >= 15 is 0 Å². The highest BCUT2D eigenvalue weighted by Crippen LogP contribution is 2.25. The molecule has 0 unspecified atom stereocenters. The number of hydrogen-bond acceptors (Lipinski definition) is 4. The Bertz CT molecular complexity index is 531. The fourth-order valence-electron chi connectivity index (χ4n) is 1.51. The van der Waals surface area contributed by atoms with E-state index in [1.165, 1.54) is 13.0 Å². The summed E-state index contributed by atoms with van der Waals surface area (Å²) in [5, 5.41) is 15.7. The Morgan fingerprint density at radius 1 is 1.20 bits per heavy atom. The van der Waals surface area contributed by atoms with Gasteiger partial charge >= 0.3 is 0 Å². The van der Waals surface area contributed by atoms with Crippen molar-refractivity contribution in [2.24, 2.45) is 0 Å². The van der Waals surface area contributed by atoms with Gasteiger partial charge in [0.2, 0.25) is 11.8 Å². The molecule has 0 spiro atoms. The Morgan fingerprint density at radius 3 is 2.50 bits per heavy atom. The van der Waals surface area contributed by atoms with Crippen LogP contribution in [-0.2, 0) is 14.4 Å². The first-order valence-corrected chi connectivity index (χ1v) is 6.33. The summed E-state index contributed by atoms with van der Waals surface area (Å²) in [7, 11) is 0. The van der Waals surface area contributed by atoms with Gasteiger partial charge in [-0.15, -0.1) is 0 Å². The number of carboxylic acids is 1. The number of carbonyl (C=O) groups is 3. The number of carbonyl (C=O) groups excluding carboxylic acids is 3. The molecule has 1 rings (SSSR count). The van der Waals surface area contributed by atoms with Gasteiger partial charge in [0, 0.05) is 25.0 Å². The minimum absolute atomic E-state index is 0.0755. The third kappa shape index (κ3) is 5.71. The maximum Gasteiger partial charge on any atom is 0.224 e. The van der Waals surface area contributed by atoms with Crippen LogP contribution in [0.5, 0.6) is 0 Å². The van der Waals surface area contributed by atoms with Crippen molar-refractivity contribution >= 4 is 40.8 Å². The molecule has 0 radical (unpaired) electrons. The minimum Gasteiger partial charge on any atom is -0.550 e. The highest BCUT2D eigenvalue weighted by Gasteiger charge is 2.06. The zero-order valence-corrected chi connectivity index (χ0v) is 11.6. The number of anilines is 2. The Balaban J connectivity index is 2.61. The van der Waals surface area contributed by atoms with E-state index in [1.54, 1.807) is 12.1 Å². The summed E-state index contributed by atoms with van der Waals surface area (Å²) in [6.45, 7) is 1.35. The molecular formula is C13H14ClN2O4-. The lowest BCUT2D eigenvalue weighted by Crippen LogP contribution is -2.22. The molecule has 0 bridgehead atoms. The average Bonchev–Trinajstić information content (AvgIpc) is 2.32. The SMILES string of the molecule is CC(=O)Nc1cc(NC(=O)CCCC(=O)[O-])ccc1Cl. The van der Waals surface area contributed by atoms with Crippen LogP contribution in [0.25, 0.3) is 0 Å². The molecule has 20 heavy (non-hydrogen) atoms. The smallest absolute Gasteiger partial charge is 0.224 e. The fraction of sp³-hybridized carbons (Fsp3) is 0.308. The molecule has 2 amide bonds. The van der Waals surface area contributed by atoms with E-state index in [-0.39, 0.29) is 31.1 Å². The van der Waals surface area contributed by atoms with Crippen molar-refractivity contribution in [3.63, 3.8) is 0 Å². The summed E-state index contributed by atoms with van der Waals surface area (Å²) >= 11 is 5.90. The van der Waals surface area contributed by atoms with Crippen LogP contribution in [0.3, 0.4) is 0 Å². The summed E-state index contributed by atoms with van der Waals surface area (Å²) in [6.07, 6.45) is 0.123. The molecule has 0 heterocycles. The van der Waals surface area contributed by atoms with Gasteiger partial charge in [0.15, 0.2) is 0 Å². The van der Waals surface area contributed by atoms with E-state index in [2.05, 4.69) is 10.6 Å². The molecular weight excluding hydrogens is 284 g/mol. The number of nitrogens with one attached hydrogen (secondary N) is 2. The molecule has 0 aliphatic rings. The molecule has 7 heteroatoms. The lowest BCUT2D eigenvalue weighted by molar-refractivity contribution is -0.305. The second-order valence-electron chi connectivity index (χ2n) is 4.15. The molecule has 1 aromatic rings. The number of hydrogen-bond donors (Lipinski definition) is 2. The molecule has 0 fully saturated rings. The molecule has 1 aromatic carbocycles. The quantitative estimate of drug-likeness (QED) is 0.823. The number of amides is 2. The van der Waals surface area contributed by atoms with Gasteiger partial charge in [0.25, 0.3) is 0 Å². The Hall–Kier alpha value is -2.08. The van der Waals surface area contributed by atoms with E-state index in [0.29, 0.717) is 16.4 Å². The molecule has 0 atom stereocenters. The van der Waals surface area contributed by atoms with Gasteiger partial charge in [-0.05, 0) is 31.0 Å². The van der Waals surface area contributed by atoms with Crippen LogP contribution < -0.4 is 15.7 Å². The lowest BCUT2D eigenvalue weighted by atomic mass is 10.2. The van der Waals surface area contributed by atoms with Crippen LogP contribution in [-0.4, -0.2) is 17.8 Å². The predicted molar refractivity (Wildman–Crippen MR) is 73.2 cm³/mol. The minimum atomic E-state index is -1.18. The van der Waals surface area contributed by atoms with Crippen molar-refractivity contribution in [3.05, 3.63) is 23.2 Å². The van der Waals surface area contributed by atoms with Gasteiger partial charge in [-0.3, -0.25) is 9.59 Å². The highest BCUT2D eigenvalue weighted by atomic mass is 35.5. The second-order valence-corrected chi connectivity index (χ2v) is 4.56. The van der Waals surface area contributed by atoms with Crippen molar-refractivity contribution in [3.8, 4) is 0 Å². The van der Waals surface area contributed by atoms with Crippen molar-refractivity contribution in [2.75, 3.05) is 10.6 Å². The monoisotopic (exact) mass is 297 g/mol. The number of aliphatic carboxylic acids is 1. The van der Waals surface area contributed by atoms with Crippen LogP contribution in [0.4, 0.5) is 11.4 Å². The van der Waals surface area contributed by atoms with Crippen molar-refractivity contribution < 1.29 is 19.5 Å². The van der Waals surface area contributed by atoms with Gasteiger partial charge in [0.1, 0.15) is 0 Å². The molecule has 6 nitrogen and oxygen atoms in total. The maximum atomic E-state index is 11.6. The first-order valence-electron chi connectivity index (χ1n) is 5.95. The van der Waals surface area contributed by atoms with Gasteiger partial charge < -0.3 is 20.5 Å². The first-order chi connectivity index (χ1) is 9.38. The number of rotatable bonds is 6. The Kier molecular flexibility index (Phi) is 5.99. The molecule has 2 N–H and O–H groups in total. The van der Waals surface area contributed by atoms with Gasteiger partial charge in [-0.2, -0.15) is 0 Å². The second kappa shape index (κ2) is 7.49. The third-order valence-electron chi connectivity index (χ3n) is 2.35. The van der Waals surface area contributed by atoms with Crippen LogP contribution in [0, 0.1) is 0 Å². The fourth-order valence-corrected chi connectivity index (χ4v) is 1.67. The summed E-state index contributed by atoms with van der Waals surface area (Å²) in [6, 6.07) is 4.66. The van der Waals surface area contributed by atoms with E-state index in [0.717, 1.165) is 0 Å². The van der Waals surface area contributed by atoms with E-state index in [9.17, 15) is 19.5 Å². The molecule has 0 saturated carbocycles. The zero-order chi connectivity index (χ0) is 15.1. The maximum absolute atomic E-state index is 11.6. The number of carboxylic acid groups (broad SMARTS) is 1. The standard InChI is InChI=1S/C13H15ClN2O4/c1-8(17)15-11-7-9(5-6-10(11)14)16-12(18)3-2-4-13(19)20/h5-7H,2-4H2,1H3,(H,15,17)(H,16,18)(H,19,20)/p-1. The third-order valence-corrected chi connectivity index (χ3v) is 2.68. The largest absolute Gasteiger partial charge is 0.550 e. The number of benzene rings is 1. The zero-order valence-electron chi connectivity index (χ0n) is 10.9. The summed E-state index contributed by atoms with van der Waals surface area (Å²) in [4.78, 5) is 32.8. The summed E-state index contributed by atoms with van der Waals surface area (Å²) in [5.74, 6) is -1.77. The average molecular weight is 298 g/mol. The van der Waals surface area contributed by atoms with Crippen LogP contribution in [0.2, 0.25) is 5.02 Å². The van der Waals surface area contributed by atoms with E-state index in [1.807, 2.05) is 0 Å². The molecule has 0 saturated heterocycles. The Morgan fingerprint density at radius 2 is 1.90 bits per heavy atom. The number of halogens is 1. The van der Waals surface area contributed by atoms with Crippen molar-refractivity contribution in [2.45, 2.75) is 26.2 Å². The van der Waals surface area contributed by atoms with E-state index < -0.39 is 5.97 Å². The molecule has 0 aliphatic carbocycles. The molecule has 0 aromatic heterocycles.